The molecule has 2 aromatic rings. The zero-order chi connectivity index (χ0) is 18.5. The highest BCUT2D eigenvalue weighted by atomic mass is 16.7. The van der Waals surface area contributed by atoms with E-state index >= 15 is 0 Å². The molecule has 0 aliphatic carbocycles. The first kappa shape index (κ1) is 17.6. The molecule has 0 atom stereocenters. The van der Waals surface area contributed by atoms with E-state index in [4.69, 9.17) is 14.2 Å². The van der Waals surface area contributed by atoms with E-state index in [1.807, 2.05) is 18.2 Å². The smallest absolute Gasteiger partial charge is 0.231 e. The fourth-order valence-electron chi connectivity index (χ4n) is 2.65. The average molecular weight is 356 g/mol. The van der Waals surface area contributed by atoms with Crippen LogP contribution in [0.3, 0.4) is 0 Å². The van der Waals surface area contributed by atoms with Crippen molar-refractivity contribution >= 4 is 23.2 Å². The number of aryl methyl sites for hydroxylation is 1. The van der Waals surface area contributed by atoms with E-state index in [1.165, 1.54) is 14.0 Å². The number of benzene rings is 2. The Morgan fingerprint density at radius 3 is 2.65 bits per heavy atom. The molecule has 0 saturated carbocycles. The number of hydrogen-bond acceptors (Lipinski definition) is 5. The molecule has 1 heterocycles. The molecule has 136 valence electrons. The van der Waals surface area contributed by atoms with Gasteiger partial charge in [0.05, 0.1) is 12.8 Å². The predicted octanol–water partition coefficient (Wildman–Crippen LogP) is 2.95. The highest BCUT2D eigenvalue weighted by Gasteiger charge is 2.14. The standard InChI is InChI=1S/C19H20N2O5/c1-12(22)20-14-5-7-16(24-2)15(10-14)21-19(23)8-4-13-3-6-17-18(9-13)26-11-25-17/h3,5-7,9-10H,4,8,11H2,1-2H3,(H,20,22)(H,21,23). The Hall–Kier alpha value is -3.22. The van der Waals surface area contributed by atoms with Crippen LogP contribution in [0, 0.1) is 0 Å². The maximum atomic E-state index is 12.3. The molecule has 0 bridgehead atoms. The van der Waals surface area contributed by atoms with Crippen molar-refractivity contribution < 1.29 is 23.8 Å². The molecule has 0 aromatic heterocycles. The molecule has 0 fully saturated rings. The summed E-state index contributed by atoms with van der Waals surface area (Å²) < 4.78 is 15.9. The van der Waals surface area contributed by atoms with Gasteiger partial charge in [0.1, 0.15) is 5.75 Å². The molecule has 0 spiro atoms. The Morgan fingerprint density at radius 1 is 1.08 bits per heavy atom. The van der Waals surface area contributed by atoms with Crippen LogP contribution in [0.15, 0.2) is 36.4 Å². The molecule has 1 aliphatic rings. The SMILES string of the molecule is COc1ccc(NC(C)=O)cc1NC(=O)CCc1ccc2c(c1)OCO2. The summed E-state index contributed by atoms with van der Waals surface area (Å²) in [7, 11) is 1.52. The molecule has 7 nitrogen and oxygen atoms in total. The van der Waals surface area contributed by atoms with E-state index < -0.39 is 0 Å². The summed E-state index contributed by atoms with van der Waals surface area (Å²) in [5.74, 6) is 1.61. The largest absolute Gasteiger partial charge is 0.495 e. The van der Waals surface area contributed by atoms with Gasteiger partial charge in [0, 0.05) is 19.0 Å². The third kappa shape index (κ3) is 4.24. The van der Waals surface area contributed by atoms with Crippen LogP contribution in [0.4, 0.5) is 11.4 Å². The van der Waals surface area contributed by atoms with Gasteiger partial charge in [-0.05, 0) is 42.3 Å². The van der Waals surface area contributed by atoms with Crippen LogP contribution in [0.1, 0.15) is 18.9 Å². The number of carbonyl (C=O) groups is 2. The fraction of sp³-hybridized carbons (Fsp3) is 0.263. The van der Waals surface area contributed by atoms with Crippen LogP contribution in [-0.4, -0.2) is 25.7 Å². The van der Waals surface area contributed by atoms with Crippen molar-refractivity contribution in [2.24, 2.45) is 0 Å². The van der Waals surface area contributed by atoms with Crippen LogP contribution < -0.4 is 24.8 Å². The summed E-state index contributed by atoms with van der Waals surface area (Å²) in [5.41, 5.74) is 2.09. The molecular formula is C19H20N2O5. The molecule has 7 heteroatoms. The van der Waals surface area contributed by atoms with Crippen molar-refractivity contribution in [2.45, 2.75) is 19.8 Å². The number of fused-ring (bicyclic) bond motifs is 1. The Labute approximate surface area is 151 Å². The van der Waals surface area contributed by atoms with Gasteiger partial charge in [0.25, 0.3) is 0 Å². The third-order valence-corrected chi connectivity index (χ3v) is 3.87. The van der Waals surface area contributed by atoms with Crippen LogP contribution in [0.5, 0.6) is 17.2 Å². The average Bonchev–Trinajstić information content (AvgIpc) is 3.07. The molecular weight excluding hydrogens is 336 g/mol. The third-order valence-electron chi connectivity index (χ3n) is 3.87. The van der Waals surface area contributed by atoms with E-state index in [2.05, 4.69) is 10.6 Å². The monoisotopic (exact) mass is 356 g/mol. The zero-order valence-corrected chi connectivity index (χ0v) is 14.6. The van der Waals surface area contributed by atoms with E-state index in [1.54, 1.807) is 18.2 Å². The normalized spacial score (nSPS) is 11.8. The summed E-state index contributed by atoms with van der Waals surface area (Å²) in [6, 6.07) is 10.7. The summed E-state index contributed by atoms with van der Waals surface area (Å²) in [6.07, 6.45) is 0.864. The number of methoxy groups -OCH3 is 1. The van der Waals surface area contributed by atoms with Crippen molar-refractivity contribution in [1.82, 2.24) is 0 Å². The first-order chi connectivity index (χ1) is 12.5. The number of nitrogens with one attached hydrogen (secondary N) is 2. The lowest BCUT2D eigenvalue weighted by Gasteiger charge is -2.12. The number of rotatable bonds is 6. The zero-order valence-electron chi connectivity index (χ0n) is 14.6. The number of anilines is 2. The quantitative estimate of drug-likeness (QED) is 0.831. The van der Waals surface area contributed by atoms with Crippen LogP contribution in [0.25, 0.3) is 0 Å². The van der Waals surface area contributed by atoms with Gasteiger partial charge in [-0.1, -0.05) is 6.07 Å². The van der Waals surface area contributed by atoms with E-state index in [-0.39, 0.29) is 18.6 Å². The molecule has 2 N–H and O–H groups in total. The second-order valence-corrected chi connectivity index (χ2v) is 5.83. The van der Waals surface area contributed by atoms with Gasteiger partial charge in [-0.25, -0.2) is 0 Å². The van der Waals surface area contributed by atoms with Crippen molar-refractivity contribution in [2.75, 3.05) is 24.5 Å². The van der Waals surface area contributed by atoms with E-state index in [0.717, 1.165) is 11.3 Å². The minimum absolute atomic E-state index is 0.152. The second-order valence-electron chi connectivity index (χ2n) is 5.83. The van der Waals surface area contributed by atoms with Gasteiger partial charge in [0.2, 0.25) is 18.6 Å². The maximum absolute atomic E-state index is 12.3. The van der Waals surface area contributed by atoms with Gasteiger partial charge in [-0.2, -0.15) is 0 Å². The highest BCUT2D eigenvalue weighted by molar-refractivity contribution is 5.95. The molecule has 1 aliphatic heterocycles. The second kappa shape index (κ2) is 7.77. The molecule has 0 radical (unpaired) electrons. The Kier molecular flexibility index (Phi) is 5.26. The maximum Gasteiger partial charge on any atom is 0.231 e. The first-order valence-corrected chi connectivity index (χ1v) is 8.19. The Morgan fingerprint density at radius 2 is 1.88 bits per heavy atom. The summed E-state index contributed by atoms with van der Waals surface area (Å²) in [5, 5.41) is 5.51. The Bertz CT molecular complexity index is 835. The highest BCUT2D eigenvalue weighted by Crippen LogP contribution is 2.33. The fourth-order valence-corrected chi connectivity index (χ4v) is 2.65. The first-order valence-electron chi connectivity index (χ1n) is 8.19. The minimum Gasteiger partial charge on any atom is -0.495 e. The van der Waals surface area contributed by atoms with Gasteiger partial charge < -0.3 is 24.8 Å². The van der Waals surface area contributed by atoms with Crippen molar-refractivity contribution in [1.29, 1.82) is 0 Å². The van der Waals surface area contributed by atoms with Crippen LogP contribution in [0.2, 0.25) is 0 Å². The van der Waals surface area contributed by atoms with Crippen molar-refractivity contribution in [3.8, 4) is 17.2 Å². The Balaban J connectivity index is 1.63. The van der Waals surface area contributed by atoms with E-state index in [9.17, 15) is 9.59 Å². The lowest BCUT2D eigenvalue weighted by Crippen LogP contribution is -2.14. The minimum atomic E-state index is -0.185. The van der Waals surface area contributed by atoms with Crippen LogP contribution >= 0.6 is 0 Å². The molecule has 2 aromatic carbocycles. The van der Waals surface area contributed by atoms with Crippen molar-refractivity contribution in [3.63, 3.8) is 0 Å². The molecule has 2 amide bonds. The predicted molar refractivity (Wildman–Crippen MR) is 96.8 cm³/mol. The van der Waals surface area contributed by atoms with E-state index in [0.29, 0.717) is 35.7 Å². The number of ether oxygens (including phenoxy) is 3. The lowest BCUT2D eigenvalue weighted by atomic mass is 10.1. The summed E-state index contributed by atoms with van der Waals surface area (Å²) in [6.45, 7) is 1.65. The molecule has 3 rings (SSSR count). The van der Waals surface area contributed by atoms with Gasteiger partial charge in [-0.3, -0.25) is 9.59 Å². The summed E-state index contributed by atoms with van der Waals surface area (Å²) in [4.78, 5) is 23.5. The van der Waals surface area contributed by atoms with Gasteiger partial charge in [-0.15, -0.1) is 0 Å². The molecule has 0 unspecified atom stereocenters. The van der Waals surface area contributed by atoms with Gasteiger partial charge >= 0.3 is 0 Å². The number of amides is 2. The van der Waals surface area contributed by atoms with Crippen molar-refractivity contribution in [3.05, 3.63) is 42.0 Å². The molecule has 0 saturated heterocycles. The topological polar surface area (TPSA) is 85.9 Å². The molecule has 26 heavy (non-hydrogen) atoms. The summed E-state index contributed by atoms with van der Waals surface area (Å²) >= 11 is 0. The lowest BCUT2D eigenvalue weighted by molar-refractivity contribution is -0.116. The number of hydrogen-bond donors (Lipinski definition) is 2. The van der Waals surface area contributed by atoms with Gasteiger partial charge in [0.15, 0.2) is 11.5 Å². The van der Waals surface area contributed by atoms with Crippen LogP contribution in [-0.2, 0) is 16.0 Å². The number of carbonyl (C=O) groups excluding carboxylic acids is 2.